The molecular formula is C19H19N3O2. The maximum atomic E-state index is 13.1. The maximum Gasteiger partial charge on any atom is 0.256 e. The number of H-pyrrole nitrogens is 1. The first-order valence-electron chi connectivity index (χ1n) is 8.15. The van der Waals surface area contributed by atoms with E-state index in [1.807, 2.05) is 41.3 Å². The van der Waals surface area contributed by atoms with Gasteiger partial charge in [0.05, 0.1) is 18.7 Å². The standard InChI is InChI=1S/C19H19N3O2/c1-24-14-8-6-13(7-9-14)17-5-3-11-22(17)19(23)16-12-21-18-15(16)4-2-10-20-18/h2,4,6-10,12,17H,3,5,11H2,1H3,(H,20,21). The lowest BCUT2D eigenvalue weighted by Gasteiger charge is -2.25. The molecule has 0 aliphatic carbocycles. The number of likely N-dealkylation sites (tertiary alicyclic amines) is 1. The predicted molar refractivity (Wildman–Crippen MR) is 92.1 cm³/mol. The van der Waals surface area contributed by atoms with Crippen molar-refractivity contribution in [1.82, 2.24) is 14.9 Å². The number of methoxy groups -OCH3 is 1. The van der Waals surface area contributed by atoms with Gasteiger partial charge in [0.15, 0.2) is 0 Å². The molecule has 1 fully saturated rings. The number of amides is 1. The van der Waals surface area contributed by atoms with Gasteiger partial charge in [0.1, 0.15) is 11.4 Å². The van der Waals surface area contributed by atoms with Crippen molar-refractivity contribution < 1.29 is 9.53 Å². The van der Waals surface area contributed by atoms with Gasteiger partial charge in [0.2, 0.25) is 0 Å². The minimum atomic E-state index is 0.0626. The molecule has 1 amide bonds. The van der Waals surface area contributed by atoms with Crippen molar-refractivity contribution in [2.24, 2.45) is 0 Å². The fourth-order valence-electron chi connectivity index (χ4n) is 3.47. The summed E-state index contributed by atoms with van der Waals surface area (Å²) in [6.07, 6.45) is 5.49. The molecule has 122 valence electrons. The topological polar surface area (TPSA) is 58.2 Å². The van der Waals surface area contributed by atoms with Crippen LogP contribution in [0.15, 0.2) is 48.8 Å². The van der Waals surface area contributed by atoms with Crippen molar-refractivity contribution >= 4 is 16.9 Å². The van der Waals surface area contributed by atoms with Crippen LogP contribution < -0.4 is 4.74 Å². The summed E-state index contributed by atoms with van der Waals surface area (Å²) in [4.78, 5) is 22.4. The summed E-state index contributed by atoms with van der Waals surface area (Å²) in [5, 5.41) is 0.878. The molecule has 0 saturated carbocycles. The fraction of sp³-hybridized carbons (Fsp3) is 0.263. The molecule has 1 aromatic carbocycles. The molecule has 0 bridgehead atoms. The van der Waals surface area contributed by atoms with Crippen molar-refractivity contribution in [2.45, 2.75) is 18.9 Å². The summed E-state index contributed by atoms with van der Waals surface area (Å²) in [6, 6.07) is 11.9. The average molecular weight is 321 g/mol. The number of rotatable bonds is 3. The molecule has 5 heteroatoms. The first-order valence-corrected chi connectivity index (χ1v) is 8.15. The van der Waals surface area contributed by atoms with E-state index in [1.54, 1.807) is 19.5 Å². The molecular weight excluding hydrogens is 302 g/mol. The zero-order chi connectivity index (χ0) is 16.5. The number of ether oxygens (including phenoxy) is 1. The molecule has 1 aliphatic heterocycles. The van der Waals surface area contributed by atoms with Gasteiger partial charge >= 0.3 is 0 Å². The van der Waals surface area contributed by atoms with Crippen molar-refractivity contribution in [3.05, 3.63) is 59.9 Å². The van der Waals surface area contributed by atoms with E-state index in [2.05, 4.69) is 9.97 Å². The Morgan fingerprint density at radius 2 is 2.12 bits per heavy atom. The summed E-state index contributed by atoms with van der Waals surface area (Å²) < 4.78 is 5.22. The Labute approximate surface area is 140 Å². The lowest BCUT2D eigenvalue weighted by atomic mass is 10.0. The van der Waals surface area contributed by atoms with Gasteiger partial charge < -0.3 is 14.6 Å². The first kappa shape index (κ1) is 14.8. The Morgan fingerprint density at radius 1 is 1.29 bits per heavy atom. The molecule has 0 radical (unpaired) electrons. The summed E-state index contributed by atoms with van der Waals surface area (Å²) >= 11 is 0. The van der Waals surface area contributed by atoms with Crippen molar-refractivity contribution in [3.63, 3.8) is 0 Å². The number of fused-ring (bicyclic) bond motifs is 1. The SMILES string of the molecule is COc1ccc(C2CCCN2C(=O)c2c[nH]c3ncccc23)cc1. The van der Waals surface area contributed by atoms with Gasteiger partial charge in [-0.25, -0.2) is 4.98 Å². The van der Waals surface area contributed by atoms with Crippen LogP contribution in [0.4, 0.5) is 0 Å². The summed E-state index contributed by atoms with van der Waals surface area (Å²) in [6.45, 7) is 0.780. The highest BCUT2D eigenvalue weighted by molar-refractivity contribution is 6.06. The normalized spacial score (nSPS) is 17.4. The monoisotopic (exact) mass is 321 g/mol. The Kier molecular flexibility index (Phi) is 3.69. The fourth-order valence-corrected chi connectivity index (χ4v) is 3.47. The summed E-state index contributed by atoms with van der Waals surface area (Å²) in [5.74, 6) is 0.893. The van der Waals surface area contributed by atoms with Gasteiger partial charge in [0, 0.05) is 24.3 Å². The molecule has 5 nitrogen and oxygen atoms in total. The average Bonchev–Trinajstić information content (AvgIpc) is 3.28. The molecule has 1 aliphatic rings. The van der Waals surface area contributed by atoms with Crippen LogP contribution in [0.3, 0.4) is 0 Å². The van der Waals surface area contributed by atoms with Crippen LogP contribution in [0.1, 0.15) is 34.8 Å². The van der Waals surface area contributed by atoms with E-state index in [-0.39, 0.29) is 11.9 Å². The highest BCUT2D eigenvalue weighted by atomic mass is 16.5. The Morgan fingerprint density at radius 3 is 2.92 bits per heavy atom. The Hall–Kier alpha value is -2.82. The number of pyridine rings is 1. The van der Waals surface area contributed by atoms with E-state index in [9.17, 15) is 4.79 Å². The third kappa shape index (κ3) is 2.42. The second-order valence-corrected chi connectivity index (χ2v) is 6.03. The van der Waals surface area contributed by atoms with Gasteiger partial charge in [-0.05, 0) is 42.7 Å². The second-order valence-electron chi connectivity index (χ2n) is 6.03. The van der Waals surface area contributed by atoms with Crippen LogP contribution in [0, 0.1) is 0 Å². The van der Waals surface area contributed by atoms with Crippen molar-refractivity contribution in [2.75, 3.05) is 13.7 Å². The number of hydrogen-bond acceptors (Lipinski definition) is 3. The van der Waals surface area contributed by atoms with Crippen LogP contribution in [-0.4, -0.2) is 34.4 Å². The molecule has 3 aromatic rings. The number of hydrogen-bond donors (Lipinski definition) is 1. The van der Waals surface area contributed by atoms with E-state index >= 15 is 0 Å². The quantitative estimate of drug-likeness (QED) is 0.802. The molecule has 1 unspecified atom stereocenters. The van der Waals surface area contributed by atoms with Gasteiger partial charge in [-0.3, -0.25) is 4.79 Å². The Bertz CT molecular complexity index is 870. The third-order valence-electron chi connectivity index (χ3n) is 4.70. The summed E-state index contributed by atoms with van der Waals surface area (Å²) in [5.41, 5.74) is 2.60. The number of aromatic nitrogens is 2. The number of benzene rings is 1. The number of carbonyl (C=O) groups excluding carboxylic acids is 1. The largest absolute Gasteiger partial charge is 0.497 e. The van der Waals surface area contributed by atoms with Crippen LogP contribution >= 0.6 is 0 Å². The highest BCUT2D eigenvalue weighted by Crippen LogP contribution is 2.34. The van der Waals surface area contributed by atoms with E-state index in [1.165, 1.54) is 0 Å². The smallest absolute Gasteiger partial charge is 0.256 e. The number of aromatic amines is 1. The van der Waals surface area contributed by atoms with E-state index in [0.29, 0.717) is 5.56 Å². The molecule has 1 atom stereocenters. The van der Waals surface area contributed by atoms with Gasteiger partial charge in [-0.15, -0.1) is 0 Å². The molecule has 24 heavy (non-hydrogen) atoms. The van der Waals surface area contributed by atoms with Gasteiger partial charge in [-0.1, -0.05) is 12.1 Å². The van der Waals surface area contributed by atoms with E-state index < -0.39 is 0 Å². The molecule has 4 rings (SSSR count). The summed E-state index contributed by atoms with van der Waals surface area (Å²) in [7, 11) is 1.66. The number of nitrogens with one attached hydrogen (secondary N) is 1. The third-order valence-corrected chi connectivity index (χ3v) is 4.70. The lowest BCUT2D eigenvalue weighted by molar-refractivity contribution is 0.0737. The van der Waals surface area contributed by atoms with Crippen molar-refractivity contribution in [1.29, 1.82) is 0 Å². The molecule has 0 spiro atoms. The zero-order valence-corrected chi connectivity index (χ0v) is 13.5. The minimum Gasteiger partial charge on any atom is -0.497 e. The predicted octanol–water partition coefficient (Wildman–Crippen LogP) is 3.55. The number of carbonyl (C=O) groups is 1. The van der Waals surface area contributed by atoms with E-state index in [0.717, 1.165) is 41.7 Å². The van der Waals surface area contributed by atoms with Crippen LogP contribution in [-0.2, 0) is 0 Å². The van der Waals surface area contributed by atoms with Crippen molar-refractivity contribution in [3.8, 4) is 5.75 Å². The lowest BCUT2D eigenvalue weighted by Crippen LogP contribution is -2.30. The molecule has 1 N–H and O–H groups in total. The highest BCUT2D eigenvalue weighted by Gasteiger charge is 2.31. The van der Waals surface area contributed by atoms with Gasteiger partial charge in [-0.2, -0.15) is 0 Å². The number of nitrogens with zero attached hydrogens (tertiary/aromatic N) is 2. The van der Waals surface area contributed by atoms with Crippen LogP contribution in [0.25, 0.3) is 11.0 Å². The van der Waals surface area contributed by atoms with Gasteiger partial charge in [0.25, 0.3) is 5.91 Å². The minimum absolute atomic E-state index is 0.0626. The van der Waals surface area contributed by atoms with E-state index in [4.69, 9.17) is 4.74 Å². The zero-order valence-electron chi connectivity index (χ0n) is 13.5. The second kappa shape index (κ2) is 6.00. The maximum absolute atomic E-state index is 13.1. The Balaban J connectivity index is 1.65. The molecule has 2 aromatic heterocycles. The van der Waals surface area contributed by atoms with Crippen LogP contribution in [0.5, 0.6) is 5.75 Å². The van der Waals surface area contributed by atoms with Crippen LogP contribution in [0.2, 0.25) is 0 Å². The molecule has 3 heterocycles. The molecule has 1 saturated heterocycles. The first-order chi connectivity index (χ1) is 11.8.